The third-order valence-corrected chi connectivity index (χ3v) is 7.67. The Kier molecular flexibility index (Phi) is 7.44. The summed E-state index contributed by atoms with van der Waals surface area (Å²) in [4.78, 5) is 17.8. The van der Waals surface area contributed by atoms with Crippen LogP contribution < -0.4 is 9.52 Å². The minimum absolute atomic E-state index is 0.0797. The lowest BCUT2D eigenvalue weighted by atomic mass is 10.2. The Hall–Kier alpha value is -3.34. The molecule has 0 saturated carbocycles. The summed E-state index contributed by atoms with van der Waals surface area (Å²) in [6.45, 7) is 4.86. The molecular formula is C25H24FN3O4S2. The summed E-state index contributed by atoms with van der Waals surface area (Å²) in [5.74, 6) is -1.07. The normalized spacial score (nSPS) is 12.3. The number of nitrogens with one attached hydrogen (secondary N) is 1. The first kappa shape index (κ1) is 24.8. The molecule has 1 heterocycles. The van der Waals surface area contributed by atoms with E-state index in [1.54, 1.807) is 41.0 Å². The van der Waals surface area contributed by atoms with E-state index in [1.807, 2.05) is 13.8 Å². The largest absolute Gasteiger partial charge is 0.380 e. The summed E-state index contributed by atoms with van der Waals surface area (Å²) in [5, 5.41) is 0. The van der Waals surface area contributed by atoms with Crippen molar-refractivity contribution in [2.75, 3.05) is 17.9 Å². The second kappa shape index (κ2) is 10.5. The van der Waals surface area contributed by atoms with Crippen LogP contribution in [0.4, 0.5) is 10.1 Å². The number of rotatable bonds is 8. The van der Waals surface area contributed by atoms with Crippen LogP contribution in [0.1, 0.15) is 22.8 Å². The lowest BCUT2D eigenvalue weighted by Gasteiger charge is -2.11. The van der Waals surface area contributed by atoms with Crippen molar-refractivity contribution in [1.82, 2.24) is 4.57 Å². The Balaban J connectivity index is 1.73. The van der Waals surface area contributed by atoms with Crippen molar-refractivity contribution in [3.63, 3.8) is 0 Å². The van der Waals surface area contributed by atoms with Gasteiger partial charge in [-0.3, -0.25) is 9.52 Å². The quantitative estimate of drug-likeness (QED) is 0.345. The van der Waals surface area contributed by atoms with Crippen LogP contribution in [0, 0.1) is 12.7 Å². The summed E-state index contributed by atoms with van der Waals surface area (Å²) in [5.41, 5.74) is 1.46. The van der Waals surface area contributed by atoms with E-state index in [0.29, 0.717) is 34.8 Å². The van der Waals surface area contributed by atoms with Crippen LogP contribution in [0.3, 0.4) is 0 Å². The number of anilines is 1. The zero-order chi connectivity index (χ0) is 25.0. The van der Waals surface area contributed by atoms with Crippen molar-refractivity contribution in [1.29, 1.82) is 0 Å². The number of ether oxygens (including phenoxy) is 1. The SMILES string of the molecule is CCOCCn1c(=NC(=O)c2ccccc2NS(=O)(=O)c2ccc(C)cc2)sc2cccc(F)c21. The van der Waals surface area contributed by atoms with Gasteiger partial charge in [-0.25, -0.2) is 12.8 Å². The first-order valence-corrected chi connectivity index (χ1v) is 13.2. The number of carbonyl (C=O) groups is 1. The number of aromatic nitrogens is 1. The van der Waals surface area contributed by atoms with Gasteiger partial charge in [-0.2, -0.15) is 4.99 Å². The number of sulfonamides is 1. The molecule has 182 valence electrons. The molecule has 0 spiro atoms. The van der Waals surface area contributed by atoms with E-state index in [1.165, 1.54) is 41.7 Å². The van der Waals surface area contributed by atoms with Crippen LogP contribution in [-0.2, 0) is 21.3 Å². The minimum atomic E-state index is -3.92. The Morgan fingerprint density at radius 1 is 1.09 bits per heavy atom. The second-order valence-electron chi connectivity index (χ2n) is 7.70. The Labute approximate surface area is 206 Å². The van der Waals surface area contributed by atoms with Gasteiger partial charge in [0.15, 0.2) is 4.80 Å². The van der Waals surface area contributed by atoms with Crippen LogP contribution >= 0.6 is 11.3 Å². The zero-order valence-electron chi connectivity index (χ0n) is 19.2. The van der Waals surface area contributed by atoms with Crippen molar-refractivity contribution in [3.8, 4) is 0 Å². The molecule has 4 rings (SSSR count). The van der Waals surface area contributed by atoms with Crippen LogP contribution in [0.2, 0.25) is 0 Å². The van der Waals surface area contributed by atoms with Gasteiger partial charge in [-0.1, -0.05) is 47.2 Å². The third-order valence-electron chi connectivity index (χ3n) is 5.25. The van der Waals surface area contributed by atoms with Crippen molar-refractivity contribution < 1.29 is 22.3 Å². The average Bonchev–Trinajstić information content (AvgIpc) is 3.18. The Morgan fingerprint density at radius 3 is 2.57 bits per heavy atom. The van der Waals surface area contributed by atoms with Crippen molar-refractivity contribution in [2.24, 2.45) is 4.99 Å². The molecule has 0 radical (unpaired) electrons. The molecule has 0 atom stereocenters. The summed E-state index contributed by atoms with van der Waals surface area (Å²) < 4.78 is 50.6. The Morgan fingerprint density at radius 2 is 1.83 bits per heavy atom. The molecule has 0 unspecified atom stereocenters. The van der Waals surface area contributed by atoms with E-state index in [4.69, 9.17) is 4.74 Å². The maximum absolute atomic E-state index is 14.6. The lowest BCUT2D eigenvalue weighted by molar-refractivity contribution is 0.0997. The van der Waals surface area contributed by atoms with E-state index in [-0.39, 0.29) is 16.1 Å². The fourth-order valence-corrected chi connectivity index (χ4v) is 5.66. The standard InChI is InChI=1S/C25H24FN3O4S2/c1-3-33-16-15-29-23-20(26)8-6-10-22(23)34-25(29)27-24(30)19-7-4-5-9-21(19)28-35(31,32)18-13-11-17(2)12-14-18/h4-14,28H,3,15-16H2,1-2H3. The molecule has 0 aliphatic rings. The summed E-state index contributed by atoms with van der Waals surface area (Å²) in [7, 11) is -3.92. The molecular weight excluding hydrogens is 489 g/mol. The van der Waals surface area contributed by atoms with Gasteiger partial charge in [0.25, 0.3) is 15.9 Å². The fraction of sp³-hybridized carbons (Fsp3) is 0.200. The number of fused-ring (bicyclic) bond motifs is 1. The van der Waals surface area contributed by atoms with Gasteiger partial charge in [-0.15, -0.1) is 0 Å². The highest BCUT2D eigenvalue weighted by Gasteiger charge is 2.19. The lowest BCUT2D eigenvalue weighted by Crippen LogP contribution is -2.21. The summed E-state index contributed by atoms with van der Waals surface area (Å²) in [6, 6.07) is 17.4. The molecule has 0 aliphatic carbocycles. The maximum atomic E-state index is 14.6. The number of benzene rings is 3. The molecule has 7 nitrogen and oxygen atoms in total. The second-order valence-corrected chi connectivity index (χ2v) is 10.4. The predicted molar refractivity (Wildman–Crippen MR) is 135 cm³/mol. The van der Waals surface area contributed by atoms with Crippen LogP contribution in [0.5, 0.6) is 0 Å². The molecule has 0 saturated heterocycles. The molecule has 35 heavy (non-hydrogen) atoms. The van der Waals surface area contributed by atoms with Crippen LogP contribution in [0.15, 0.2) is 76.6 Å². The van der Waals surface area contributed by atoms with E-state index in [0.717, 1.165) is 5.56 Å². The highest BCUT2D eigenvalue weighted by molar-refractivity contribution is 7.92. The smallest absolute Gasteiger partial charge is 0.281 e. The molecule has 0 aliphatic heterocycles. The molecule has 1 amide bonds. The van der Waals surface area contributed by atoms with Crippen molar-refractivity contribution >= 4 is 43.2 Å². The minimum Gasteiger partial charge on any atom is -0.380 e. The molecule has 4 aromatic rings. The molecule has 1 aromatic heterocycles. The van der Waals surface area contributed by atoms with Crippen LogP contribution in [-0.4, -0.2) is 32.1 Å². The number of thiazole rings is 1. The van der Waals surface area contributed by atoms with Crippen LogP contribution in [0.25, 0.3) is 10.2 Å². The molecule has 0 fully saturated rings. The monoisotopic (exact) mass is 513 g/mol. The number of halogens is 1. The van der Waals surface area contributed by atoms with Crippen molar-refractivity contribution in [3.05, 3.63) is 88.5 Å². The molecule has 10 heteroatoms. The number of para-hydroxylation sites is 2. The first-order chi connectivity index (χ1) is 16.8. The summed E-state index contributed by atoms with van der Waals surface area (Å²) >= 11 is 1.18. The molecule has 3 aromatic carbocycles. The first-order valence-electron chi connectivity index (χ1n) is 10.9. The van der Waals surface area contributed by atoms with E-state index < -0.39 is 21.7 Å². The Bertz CT molecular complexity index is 1540. The number of nitrogens with zero attached hydrogens (tertiary/aromatic N) is 2. The topological polar surface area (TPSA) is 89.8 Å². The number of aryl methyl sites for hydroxylation is 1. The highest BCUT2D eigenvalue weighted by atomic mass is 32.2. The van der Waals surface area contributed by atoms with E-state index in [2.05, 4.69) is 9.71 Å². The van der Waals surface area contributed by atoms with Gasteiger partial charge in [0.1, 0.15) is 5.82 Å². The van der Waals surface area contributed by atoms with E-state index in [9.17, 15) is 17.6 Å². The molecule has 1 N–H and O–H groups in total. The average molecular weight is 514 g/mol. The summed E-state index contributed by atoms with van der Waals surface area (Å²) in [6.07, 6.45) is 0. The zero-order valence-corrected chi connectivity index (χ0v) is 20.8. The number of amides is 1. The third kappa shape index (κ3) is 5.50. The fourth-order valence-electron chi connectivity index (χ4n) is 3.51. The van der Waals surface area contributed by atoms with Crippen molar-refractivity contribution in [2.45, 2.75) is 25.3 Å². The van der Waals surface area contributed by atoms with E-state index >= 15 is 0 Å². The number of hydrogen-bond donors (Lipinski definition) is 1. The van der Waals surface area contributed by atoms with Gasteiger partial charge in [0.2, 0.25) is 0 Å². The molecule has 0 bridgehead atoms. The maximum Gasteiger partial charge on any atom is 0.281 e. The highest BCUT2D eigenvalue weighted by Crippen LogP contribution is 2.23. The van der Waals surface area contributed by atoms with Gasteiger partial charge < -0.3 is 9.30 Å². The number of carbonyl (C=O) groups excluding carboxylic acids is 1. The number of hydrogen-bond acceptors (Lipinski definition) is 5. The van der Waals surface area contributed by atoms with Gasteiger partial charge >= 0.3 is 0 Å². The van der Waals surface area contributed by atoms with Gasteiger partial charge in [0, 0.05) is 13.2 Å². The van der Waals surface area contributed by atoms with Gasteiger partial charge in [0.05, 0.1) is 33.0 Å². The van der Waals surface area contributed by atoms with Gasteiger partial charge in [-0.05, 0) is 50.2 Å². The predicted octanol–water partition coefficient (Wildman–Crippen LogP) is 4.73.